The maximum absolute atomic E-state index is 11.3. The van der Waals surface area contributed by atoms with Crippen LogP contribution in [0.1, 0.15) is 17.3 Å². The molecule has 9 heteroatoms. The molecule has 0 saturated carbocycles. The van der Waals surface area contributed by atoms with Crippen LogP contribution in [0.2, 0.25) is 5.02 Å². The van der Waals surface area contributed by atoms with Crippen molar-refractivity contribution in [1.82, 2.24) is 20.2 Å². The van der Waals surface area contributed by atoms with E-state index < -0.39 is 6.10 Å². The lowest BCUT2D eigenvalue weighted by molar-refractivity contribution is 0.101. The van der Waals surface area contributed by atoms with Gasteiger partial charge in [-0.05, 0) is 65.9 Å². The monoisotopic (exact) mass is 404 g/mol. The number of ketones is 1. The van der Waals surface area contributed by atoms with Crippen LogP contribution in [0.4, 0.5) is 0 Å². The van der Waals surface area contributed by atoms with Gasteiger partial charge >= 0.3 is 0 Å². The minimum atomic E-state index is -0.710. The van der Waals surface area contributed by atoms with Crippen LogP contribution >= 0.6 is 23.4 Å². The molecule has 1 heterocycles. The lowest BCUT2D eigenvalue weighted by atomic mass is 10.1. The summed E-state index contributed by atoms with van der Waals surface area (Å²) in [4.78, 5) is 11.3. The van der Waals surface area contributed by atoms with Crippen molar-refractivity contribution in [2.24, 2.45) is 0 Å². The molecule has 0 bridgehead atoms. The van der Waals surface area contributed by atoms with Crippen LogP contribution in [0, 0.1) is 0 Å². The Morgan fingerprint density at radius 1 is 1.22 bits per heavy atom. The molecule has 0 unspecified atom stereocenters. The van der Waals surface area contributed by atoms with E-state index in [1.165, 1.54) is 18.7 Å². The summed E-state index contributed by atoms with van der Waals surface area (Å²) in [6, 6.07) is 13.9. The molecule has 140 valence electrons. The number of carbonyl (C=O) groups excluding carboxylic acids is 1. The lowest BCUT2D eigenvalue weighted by Gasteiger charge is -2.12. The molecule has 27 heavy (non-hydrogen) atoms. The fourth-order valence-corrected chi connectivity index (χ4v) is 3.13. The molecule has 0 saturated heterocycles. The van der Waals surface area contributed by atoms with Crippen molar-refractivity contribution >= 4 is 29.1 Å². The minimum absolute atomic E-state index is 0.00334. The first-order valence-electron chi connectivity index (χ1n) is 8.12. The summed E-state index contributed by atoms with van der Waals surface area (Å²) in [5.41, 5.74) is 1.40. The highest BCUT2D eigenvalue weighted by Gasteiger charge is 2.13. The van der Waals surface area contributed by atoms with E-state index in [0.717, 1.165) is 5.69 Å². The first kappa shape index (κ1) is 19.3. The molecule has 7 nitrogen and oxygen atoms in total. The zero-order valence-corrected chi connectivity index (χ0v) is 16.0. The number of carbonyl (C=O) groups is 1. The molecule has 3 aromatic rings. The van der Waals surface area contributed by atoms with Crippen molar-refractivity contribution in [3.63, 3.8) is 0 Å². The summed E-state index contributed by atoms with van der Waals surface area (Å²) in [5, 5.41) is 23.0. The van der Waals surface area contributed by atoms with Gasteiger partial charge in [0.25, 0.3) is 0 Å². The van der Waals surface area contributed by atoms with Crippen LogP contribution in [0.15, 0.2) is 53.7 Å². The molecule has 0 aliphatic rings. The second kappa shape index (κ2) is 8.98. The summed E-state index contributed by atoms with van der Waals surface area (Å²) in [5.74, 6) is 0.950. The first-order chi connectivity index (χ1) is 13.0. The van der Waals surface area contributed by atoms with Gasteiger partial charge in [-0.1, -0.05) is 23.4 Å². The Labute approximate surface area is 165 Å². The molecule has 0 amide bonds. The molecule has 0 aliphatic heterocycles. The average Bonchev–Trinajstić information content (AvgIpc) is 3.14. The van der Waals surface area contributed by atoms with E-state index >= 15 is 0 Å². The first-order valence-corrected chi connectivity index (χ1v) is 9.48. The summed E-state index contributed by atoms with van der Waals surface area (Å²) < 4.78 is 7.13. The van der Waals surface area contributed by atoms with Gasteiger partial charge in [-0.15, -0.1) is 5.10 Å². The number of aromatic nitrogens is 4. The smallest absolute Gasteiger partial charge is 0.214 e. The standard InChI is InChI=1S/C18H17ClN4O3S/c1-12(24)13-2-8-17(9-3-13)26-10-16(25)11-27-18-20-21-22-23(18)15-6-4-14(19)5-7-15/h2-9,16,25H,10-11H2,1H3/t16-/m0/s1. The second-order valence-electron chi connectivity index (χ2n) is 5.71. The number of rotatable bonds is 8. The second-order valence-corrected chi connectivity index (χ2v) is 7.13. The number of nitrogens with zero attached hydrogens (tertiary/aromatic N) is 4. The predicted molar refractivity (Wildman–Crippen MR) is 103 cm³/mol. The van der Waals surface area contributed by atoms with Gasteiger partial charge in [-0.2, -0.15) is 4.68 Å². The van der Waals surface area contributed by atoms with Crippen LogP contribution in [0.25, 0.3) is 5.69 Å². The summed E-state index contributed by atoms with van der Waals surface area (Å²) >= 11 is 7.22. The highest BCUT2D eigenvalue weighted by Crippen LogP contribution is 2.21. The normalized spacial score (nSPS) is 12.0. The van der Waals surface area contributed by atoms with Crippen molar-refractivity contribution in [2.75, 3.05) is 12.4 Å². The van der Waals surface area contributed by atoms with E-state index in [9.17, 15) is 9.90 Å². The molecule has 1 aromatic heterocycles. The molecule has 2 aromatic carbocycles. The number of tetrazole rings is 1. The van der Waals surface area contributed by atoms with Gasteiger partial charge in [0.2, 0.25) is 5.16 Å². The fourth-order valence-electron chi connectivity index (χ4n) is 2.21. The van der Waals surface area contributed by atoms with Gasteiger partial charge in [0.15, 0.2) is 5.78 Å². The third kappa shape index (κ3) is 5.29. The number of benzene rings is 2. The van der Waals surface area contributed by atoms with Crippen LogP contribution in [-0.2, 0) is 0 Å². The number of thioether (sulfide) groups is 1. The van der Waals surface area contributed by atoms with E-state index in [0.29, 0.717) is 27.2 Å². The highest BCUT2D eigenvalue weighted by molar-refractivity contribution is 7.99. The molecular formula is C18H17ClN4O3S. The predicted octanol–water partition coefficient (Wildman–Crippen LogP) is 3.05. The minimum Gasteiger partial charge on any atom is -0.491 e. The zero-order valence-electron chi connectivity index (χ0n) is 14.4. The highest BCUT2D eigenvalue weighted by atomic mass is 35.5. The zero-order chi connectivity index (χ0) is 19.2. The maximum Gasteiger partial charge on any atom is 0.214 e. The molecule has 1 N–H and O–H groups in total. The molecular weight excluding hydrogens is 388 g/mol. The Bertz CT molecular complexity index is 900. The molecule has 1 atom stereocenters. The lowest BCUT2D eigenvalue weighted by Crippen LogP contribution is -2.20. The summed E-state index contributed by atoms with van der Waals surface area (Å²) in [6.45, 7) is 1.63. The van der Waals surface area contributed by atoms with E-state index in [-0.39, 0.29) is 12.4 Å². The Morgan fingerprint density at radius 2 is 1.93 bits per heavy atom. The third-order valence-electron chi connectivity index (χ3n) is 3.62. The summed E-state index contributed by atoms with van der Waals surface area (Å²) in [7, 11) is 0. The van der Waals surface area contributed by atoms with Gasteiger partial charge in [0.05, 0.1) is 11.8 Å². The molecule has 0 aliphatic carbocycles. The Balaban J connectivity index is 1.52. The van der Waals surface area contributed by atoms with Gasteiger partial charge in [-0.25, -0.2) is 0 Å². The Morgan fingerprint density at radius 3 is 2.59 bits per heavy atom. The van der Waals surface area contributed by atoms with Crippen molar-refractivity contribution in [3.05, 3.63) is 59.1 Å². The van der Waals surface area contributed by atoms with Crippen LogP contribution < -0.4 is 4.74 Å². The topological polar surface area (TPSA) is 90.1 Å². The average molecular weight is 405 g/mol. The molecule has 0 spiro atoms. The van der Waals surface area contributed by atoms with Gasteiger partial charge in [-0.3, -0.25) is 4.79 Å². The number of aliphatic hydroxyl groups is 1. The Hall–Kier alpha value is -2.42. The van der Waals surface area contributed by atoms with E-state index in [1.54, 1.807) is 41.1 Å². The van der Waals surface area contributed by atoms with Crippen molar-refractivity contribution in [3.8, 4) is 11.4 Å². The number of ether oxygens (including phenoxy) is 1. The number of aliphatic hydroxyl groups excluding tert-OH is 1. The van der Waals surface area contributed by atoms with Gasteiger partial charge in [0.1, 0.15) is 12.4 Å². The largest absolute Gasteiger partial charge is 0.491 e. The van der Waals surface area contributed by atoms with Crippen molar-refractivity contribution in [1.29, 1.82) is 0 Å². The molecule has 0 radical (unpaired) electrons. The van der Waals surface area contributed by atoms with Crippen molar-refractivity contribution < 1.29 is 14.6 Å². The van der Waals surface area contributed by atoms with Crippen molar-refractivity contribution in [2.45, 2.75) is 18.2 Å². The molecule has 3 rings (SSSR count). The van der Waals surface area contributed by atoms with E-state index in [1.807, 2.05) is 12.1 Å². The SMILES string of the molecule is CC(=O)c1ccc(OC[C@H](O)CSc2nnnn2-c2ccc(Cl)cc2)cc1. The fraction of sp³-hybridized carbons (Fsp3) is 0.222. The quantitative estimate of drug-likeness (QED) is 0.455. The number of Topliss-reactive ketones (excluding diaryl/α,β-unsaturated/α-hetero) is 1. The van der Waals surface area contributed by atoms with Crippen LogP contribution in [0.5, 0.6) is 5.75 Å². The van der Waals surface area contributed by atoms with Crippen LogP contribution in [0.3, 0.4) is 0 Å². The maximum atomic E-state index is 11.3. The summed E-state index contributed by atoms with van der Waals surface area (Å²) in [6.07, 6.45) is -0.710. The third-order valence-corrected chi connectivity index (χ3v) is 4.94. The molecule has 0 fully saturated rings. The van der Waals surface area contributed by atoms with Gasteiger partial charge < -0.3 is 9.84 Å². The number of halogens is 1. The van der Waals surface area contributed by atoms with Crippen LogP contribution in [-0.4, -0.2) is 49.6 Å². The number of hydrogen-bond acceptors (Lipinski definition) is 7. The number of hydrogen-bond donors (Lipinski definition) is 1. The van der Waals surface area contributed by atoms with Gasteiger partial charge in [0, 0.05) is 16.3 Å². The van der Waals surface area contributed by atoms with E-state index in [2.05, 4.69) is 15.5 Å². The van der Waals surface area contributed by atoms with E-state index in [4.69, 9.17) is 16.3 Å². The Kier molecular flexibility index (Phi) is 6.44.